The maximum Gasteiger partial charge on any atom is 0.212 e. The monoisotopic (exact) mass is 647 g/mol. The van der Waals surface area contributed by atoms with Crippen LogP contribution in [0.4, 0.5) is 4.39 Å². The molecule has 2 aromatic carbocycles. The highest BCUT2D eigenvalue weighted by Crippen LogP contribution is 2.50. The lowest BCUT2D eigenvalue weighted by Gasteiger charge is -2.30. The van der Waals surface area contributed by atoms with Gasteiger partial charge in [0.25, 0.3) is 0 Å². The molecule has 2 aliphatic heterocycles. The van der Waals surface area contributed by atoms with Crippen LogP contribution in [0, 0.1) is 5.82 Å². The van der Waals surface area contributed by atoms with Gasteiger partial charge < -0.3 is 20.0 Å². The zero-order chi connectivity index (χ0) is 31.6. The number of benzene rings is 2. The third-order valence-corrected chi connectivity index (χ3v) is 11.0. The van der Waals surface area contributed by atoms with Crippen molar-refractivity contribution in [2.75, 3.05) is 20.1 Å². The Bertz CT molecular complexity index is 2100. The van der Waals surface area contributed by atoms with Crippen molar-refractivity contribution in [3.05, 3.63) is 88.1 Å². The van der Waals surface area contributed by atoms with E-state index in [0.29, 0.717) is 23.8 Å². The van der Waals surface area contributed by atoms with Crippen molar-refractivity contribution in [3.63, 3.8) is 0 Å². The van der Waals surface area contributed by atoms with Crippen molar-refractivity contribution >= 4 is 22.2 Å². The van der Waals surface area contributed by atoms with Crippen LogP contribution in [0.2, 0.25) is 0 Å². The molecule has 3 aliphatic rings. The molecule has 2 unspecified atom stereocenters. The van der Waals surface area contributed by atoms with E-state index in [2.05, 4.69) is 80.1 Å². The highest BCUT2D eigenvalue weighted by molar-refractivity contribution is 7.12. The molecule has 1 aliphatic carbocycles. The van der Waals surface area contributed by atoms with Crippen molar-refractivity contribution in [1.82, 2.24) is 34.7 Å². The molecule has 4 aromatic heterocycles. The van der Waals surface area contributed by atoms with Gasteiger partial charge in [0.1, 0.15) is 23.2 Å². The van der Waals surface area contributed by atoms with E-state index in [9.17, 15) is 0 Å². The largest absolute Gasteiger partial charge is 0.464 e. The van der Waals surface area contributed by atoms with E-state index >= 15 is 4.39 Å². The van der Waals surface area contributed by atoms with Crippen LogP contribution >= 0.6 is 11.3 Å². The number of fused-ring (bicyclic) bond motifs is 5. The SMILES string of the molecule is CCCN(C)Cc1ncc(-c2cc(F)c3c(c2)OC(c2ccc(C4CC4)s2)n2c-3cc3cc(-c4cnc(C5CCCN5)[nH]4)ccc32)[nH]1. The fraction of sp³-hybridized carbons (Fsp3) is 0.351. The van der Waals surface area contributed by atoms with Gasteiger partial charge >= 0.3 is 0 Å². The molecule has 6 aromatic rings. The van der Waals surface area contributed by atoms with E-state index in [0.717, 1.165) is 88.0 Å². The topological polar surface area (TPSA) is 86.8 Å². The van der Waals surface area contributed by atoms with Crippen LogP contribution in [0.3, 0.4) is 0 Å². The maximum atomic E-state index is 16.3. The zero-order valence-corrected chi connectivity index (χ0v) is 27.5. The molecule has 0 radical (unpaired) electrons. The first kappa shape index (κ1) is 28.9. The van der Waals surface area contributed by atoms with Crippen LogP contribution in [-0.4, -0.2) is 49.5 Å². The molecule has 1 saturated heterocycles. The average molecular weight is 648 g/mol. The first-order chi connectivity index (χ1) is 23.0. The van der Waals surface area contributed by atoms with E-state index in [1.165, 1.54) is 17.7 Å². The first-order valence-electron chi connectivity index (χ1n) is 16.8. The summed E-state index contributed by atoms with van der Waals surface area (Å²) in [5.41, 5.74) is 5.85. The summed E-state index contributed by atoms with van der Waals surface area (Å²) in [7, 11) is 2.08. The van der Waals surface area contributed by atoms with Crippen LogP contribution in [0.5, 0.6) is 5.75 Å². The summed E-state index contributed by atoms with van der Waals surface area (Å²) < 4.78 is 25.3. The first-order valence-corrected chi connectivity index (χ1v) is 17.6. The van der Waals surface area contributed by atoms with Crippen molar-refractivity contribution in [2.45, 2.75) is 63.8 Å². The summed E-state index contributed by atoms with van der Waals surface area (Å²) in [4.78, 5) is 21.0. The molecular weight excluding hydrogens is 610 g/mol. The Kier molecular flexibility index (Phi) is 7.06. The van der Waals surface area contributed by atoms with Crippen LogP contribution in [0.15, 0.2) is 60.9 Å². The van der Waals surface area contributed by atoms with E-state index in [4.69, 9.17) is 9.72 Å². The lowest BCUT2D eigenvalue weighted by Crippen LogP contribution is -2.22. The smallest absolute Gasteiger partial charge is 0.212 e. The Labute approximate surface area is 277 Å². The molecule has 47 heavy (non-hydrogen) atoms. The fourth-order valence-corrected chi connectivity index (χ4v) is 8.46. The molecule has 0 spiro atoms. The summed E-state index contributed by atoms with van der Waals surface area (Å²) in [6.07, 6.45) is 9.13. The van der Waals surface area contributed by atoms with Gasteiger partial charge in [-0.05, 0) is 101 Å². The molecule has 10 heteroatoms. The normalized spacial score (nSPS) is 19.0. The minimum Gasteiger partial charge on any atom is -0.464 e. The molecule has 2 fully saturated rings. The van der Waals surface area contributed by atoms with Gasteiger partial charge in [-0.15, -0.1) is 11.3 Å². The minimum absolute atomic E-state index is 0.277. The number of ether oxygens (including phenoxy) is 1. The van der Waals surface area contributed by atoms with Crippen LogP contribution in [0.25, 0.3) is 44.7 Å². The van der Waals surface area contributed by atoms with Gasteiger partial charge in [-0.25, -0.2) is 14.4 Å². The van der Waals surface area contributed by atoms with Crippen molar-refractivity contribution in [3.8, 4) is 39.5 Å². The van der Waals surface area contributed by atoms with E-state index < -0.39 is 6.23 Å². The molecule has 1 saturated carbocycles. The Morgan fingerprint density at radius 3 is 2.66 bits per heavy atom. The van der Waals surface area contributed by atoms with Gasteiger partial charge in [-0.1, -0.05) is 13.0 Å². The number of hydrogen-bond acceptors (Lipinski definition) is 6. The van der Waals surface area contributed by atoms with E-state index in [-0.39, 0.29) is 11.9 Å². The minimum atomic E-state index is -0.403. The third kappa shape index (κ3) is 5.19. The summed E-state index contributed by atoms with van der Waals surface area (Å²) in [6, 6.07) is 16.8. The number of nitrogens with zero attached hydrogens (tertiary/aromatic N) is 4. The number of aromatic amines is 2. The number of aromatic nitrogens is 5. The fourth-order valence-electron chi connectivity index (χ4n) is 7.26. The third-order valence-electron chi connectivity index (χ3n) is 9.75. The molecule has 240 valence electrons. The summed E-state index contributed by atoms with van der Waals surface area (Å²) in [5.74, 6) is 2.73. The van der Waals surface area contributed by atoms with Crippen molar-refractivity contribution in [2.24, 2.45) is 0 Å². The quantitative estimate of drug-likeness (QED) is 0.147. The van der Waals surface area contributed by atoms with Crippen molar-refractivity contribution in [1.29, 1.82) is 0 Å². The second-order valence-corrected chi connectivity index (χ2v) is 14.4. The van der Waals surface area contributed by atoms with Gasteiger partial charge in [0.2, 0.25) is 6.23 Å². The Hall–Kier alpha value is -4.25. The predicted octanol–water partition coefficient (Wildman–Crippen LogP) is 8.37. The standard InChI is InChI=1S/C37H38FN7OS/c1-3-13-44(2)20-34-40-18-28(42-34)23-15-25(38)35-30-16-24-14-22(27-19-41-36(43-27)26-5-4-12-39-26)8-9-29(24)45(30)37(46-31(35)17-23)33-11-10-32(47-33)21-6-7-21/h8-11,14-19,21,26,37,39H,3-7,12-13,20H2,1-2H3,(H,40,42)(H,41,43). The number of hydrogen-bond donors (Lipinski definition) is 3. The molecule has 0 amide bonds. The summed E-state index contributed by atoms with van der Waals surface area (Å²) in [6.45, 7) is 4.89. The van der Waals surface area contributed by atoms with Crippen LogP contribution < -0.4 is 10.1 Å². The van der Waals surface area contributed by atoms with Gasteiger partial charge in [0.15, 0.2) is 0 Å². The highest BCUT2D eigenvalue weighted by atomic mass is 32.1. The molecule has 3 N–H and O–H groups in total. The van der Waals surface area contributed by atoms with Crippen LogP contribution in [0.1, 0.15) is 78.6 Å². The number of H-pyrrole nitrogens is 2. The Balaban J connectivity index is 1.13. The van der Waals surface area contributed by atoms with E-state index in [1.54, 1.807) is 12.3 Å². The molecule has 0 bridgehead atoms. The number of thiophene rings is 1. The molecular formula is C37H38FN7OS. The number of imidazole rings is 2. The summed E-state index contributed by atoms with van der Waals surface area (Å²) in [5, 5.41) is 4.56. The lowest BCUT2D eigenvalue weighted by molar-refractivity contribution is 0.176. The average Bonchev–Trinajstić information content (AvgIpc) is 3.66. The number of rotatable bonds is 9. The highest BCUT2D eigenvalue weighted by Gasteiger charge is 2.34. The Morgan fingerprint density at radius 2 is 1.83 bits per heavy atom. The summed E-state index contributed by atoms with van der Waals surface area (Å²) >= 11 is 1.81. The van der Waals surface area contributed by atoms with Crippen molar-refractivity contribution < 1.29 is 9.13 Å². The molecule has 9 rings (SSSR count). The predicted molar refractivity (Wildman–Crippen MR) is 184 cm³/mol. The molecule has 6 heterocycles. The van der Waals surface area contributed by atoms with Gasteiger partial charge in [0, 0.05) is 21.4 Å². The van der Waals surface area contributed by atoms with Crippen LogP contribution in [-0.2, 0) is 6.54 Å². The Morgan fingerprint density at radius 1 is 0.979 bits per heavy atom. The maximum absolute atomic E-state index is 16.3. The van der Waals surface area contributed by atoms with Gasteiger partial charge in [-0.3, -0.25) is 9.47 Å². The second-order valence-electron chi connectivity index (χ2n) is 13.3. The zero-order valence-electron chi connectivity index (χ0n) is 26.6. The number of halogens is 1. The molecule has 8 nitrogen and oxygen atoms in total. The molecule has 2 atom stereocenters. The van der Waals surface area contributed by atoms with Gasteiger partial charge in [0.05, 0.1) is 58.0 Å². The van der Waals surface area contributed by atoms with Gasteiger partial charge in [-0.2, -0.15) is 0 Å². The van der Waals surface area contributed by atoms with E-state index in [1.807, 2.05) is 23.6 Å². The second kappa shape index (κ2) is 11.5. The lowest BCUT2D eigenvalue weighted by atomic mass is 10.0. The number of nitrogens with one attached hydrogen (secondary N) is 3.